The van der Waals surface area contributed by atoms with Gasteiger partial charge in [-0.2, -0.15) is 0 Å². The highest BCUT2D eigenvalue weighted by atomic mass is 16.5. The van der Waals surface area contributed by atoms with Crippen molar-refractivity contribution in [2.45, 2.75) is 6.92 Å². The van der Waals surface area contributed by atoms with Crippen LogP contribution in [0.4, 0.5) is 0 Å². The molecule has 0 unspecified atom stereocenters. The fraction of sp³-hybridized carbons (Fsp3) is 0.120. The van der Waals surface area contributed by atoms with Crippen LogP contribution in [0.2, 0.25) is 0 Å². The summed E-state index contributed by atoms with van der Waals surface area (Å²) >= 11 is 0. The van der Waals surface area contributed by atoms with Gasteiger partial charge in [-0.05, 0) is 54.9 Å². The standard InChI is InChI=1S/C9H9BN2O3.C9H8N2O.C7H4/c1-15-9-7(10(13)14)4-6-2-3-11-5-8(6)12-9;1-12-9-3-2-7-4-5-10-6-8(7)11-9;1-3-5-7-6-4-2/h2-5,13-14H,1H3;2-6H,1H3;1H,2H3. The first kappa shape index (κ1) is 25.6. The molecular formula is C25H21BN4O4. The van der Waals surface area contributed by atoms with Crippen molar-refractivity contribution in [3.63, 3.8) is 0 Å². The number of pyridine rings is 4. The van der Waals surface area contributed by atoms with E-state index in [1.165, 1.54) is 7.11 Å². The molecular weight excluding hydrogens is 431 g/mol. The van der Waals surface area contributed by atoms with E-state index < -0.39 is 7.12 Å². The number of rotatable bonds is 3. The maximum absolute atomic E-state index is 9.12. The maximum Gasteiger partial charge on any atom is 0.494 e. The maximum atomic E-state index is 9.12. The molecule has 9 heteroatoms. The Morgan fingerprint density at radius 2 is 1.53 bits per heavy atom. The van der Waals surface area contributed by atoms with Gasteiger partial charge in [0, 0.05) is 34.7 Å². The Kier molecular flexibility index (Phi) is 10.4. The molecule has 0 aliphatic carbocycles. The summed E-state index contributed by atoms with van der Waals surface area (Å²) in [5.74, 6) is 12.8. The molecule has 4 rings (SSSR count). The van der Waals surface area contributed by atoms with Gasteiger partial charge in [0.15, 0.2) is 0 Å². The van der Waals surface area contributed by atoms with Gasteiger partial charge in [-0.15, -0.1) is 6.42 Å². The van der Waals surface area contributed by atoms with Gasteiger partial charge in [0.25, 0.3) is 0 Å². The molecule has 0 aliphatic rings. The molecule has 4 aromatic heterocycles. The smallest absolute Gasteiger partial charge is 0.481 e. The van der Waals surface area contributed by atoms with E-state index in [1.54, 1.807) is 51.0 Å². The lowest BCUT2D eigenvalue weighted by Crippen LogP contribution is -2.31. The van der Waals surface area contributed by atoms with Crippen LogP contribution in [-0.4, -0.2) is 51.3 Å². The number of aromatic nitrogens is 4. The quantitative estimate of drug-likeness (QED) is 0.357. The predicted octanol–water partition coefficient (Wildman–Crippen LogP) is 1.60. The minimum Gasteiger partial charge on any atom is -0.481 e. The molecule has 168 valence electrons. The largest absolute Gasteiger partial charge is 0.494 e. The van der Waals surface area contributed by atoms with E-state index in [4.69, 9.17) is 25.9 Å². The summed E-state index contributed by atoms with van der Waals surface area (Å²) in [6.45, 7) is 1.71. The Hall–Kier alpha value is -4.62. The van der Waals surface area contributed by atoms with Crippen LogP contribution in [-0.2, 0) is 0 Å². The summed E-state index contributed by atoms with van der Waals surface area (Å²) in [5, 5.41) is 20.1. The average molecular weight is 452 g/mol. The molecule has 0 aliphatic heterocycles. The molecule has 2 N–H and O–H groups in total. The number of terminal acetylenes is 1. The van der Waals surface area contributed by atoms with E-state index in [1.807, 2.05) is 18.2 Å². The second-order valence-corrected chi connectivity index (χ2v) is 6.22. The molecule has 0 radical (unpaired) electrons. The summed E-state index contributed by atoms with van der Waals surface area (Å²) in [6, 6.07) is 9.08. The molecule has 8 nitrogen and oxygen atoms in total. The van der Waals surface area contributed by atoms with Crippen LogP contribution < -0.4 is 14.9 Å². The molecule has 4 aromatic rings. The zero-order valence-electron chi connectivity index (χ0n) is 18.9. The topological polar surface area (TPSA) is 110 Å². The van der Waals surface area contributed by atoms with E-state index in [9.17, 15) is 0 Å². The van der Waals surface area contributed by atoms with Gasteiger partial charge in [-0.25, -0.2) is 9.97 Å². The first-order valence-corrected chi connectivity index (χ1v) is 9.81. The van der Waals surface area contributed by atoms with Crippen molar-refractivity contribution in [3.8, 4) is 47.8 Å². The molecule has 0 fully saturated rings. The summed E-state index contributed by atoms with van der Waals surface area (Å²) < 4.78 is 9.94. The molecule has 0 saturated carbocycles. The molecule has 0 aromatic carbocycles. The first-order chi connectivity index (χ1) is 16.5. The molecule has 0 bridgehead atoms. The monoisotopic (exact) mass is 452 g/mol. The van der Waals surface area contributed by atoms with Gasteiger partial charge in [-0.3, -0.25) is 9.97 Å². The Balaban J connectivity index is 0.000000193. The van der Waals surface area contributed by atoms with Crippen molar-refractivity contribution in [1.29, 1.82) is 0 Å². The van der Waals surface area contributed by atoms with Crippen LogP contribution in [0.5, 0.6) is 11.8 Å². The van der Waals surface area contributed by atoms with Crippen molar-refractivity contribution in [2.24, 2.45) is 0 Å². The van der Waals surface area contributed by atoms with Crippen molar-refractivity contribution in [3.05, 3.63) is 55.1 Å². The van der Waals surface area contributed by atoms with E-state index in [2.05, 4.69) is 49.5 Å². The highest BCUT2D eigenvalue weighted by molar-refractivity contribution is 6.59. The molecule has 0 amide bonds. The number of fused-ring (bicyclic) bond motifs is 2. The Morgan fingerprint density at radius 3 is 2.12 bits per heavy atom. The van der Waals surface area contributed by atoms with Gasteiger partial charge in [-0.1, -0.05) is 5.92 Å². The molecule has 4 heterocycles. The third-order valence-corrected chi connectivity index (χ3v) is 4.08. The Bertz CT molecular complexity index is 1410. The van der Waals surface area contributed by atoms with E-state index in [0.717, 1.165) is 16.3 Å². The van der Waals surface area contributed by atoms with Gasteiger partial charge < -0.3 is 19.5 Å². The van der Waals surface area contributed by atoms with Crippen molar-refractivity contribution < 1.29 is 19.5 Å². The van der Waals surface area contributed by atoms with Crippen LogP contribution in [0.25, 0.3) is 21.8 Å². The lowest BCUT2D eigenvalue weighted by atomic mass is 9.80. The van der Waals surface area contributed by atoms with Crippen LogP contribution in [0.15, 0.2) is 55.1 Å². The lowest BCUT2D eigenvalue weighted by molar-refractivity contribution is 0.392. The lowest BCUT2D eigenvalue weighted by Gasteiger charge is -2.07. The fourth-order valence-electron chi connectivity index (χ4n) is 2.56. The number of nitrogens with zero attached hydrogens (tertiary/aromatic N) is 4. The zero-order chi connectivity index (χ0) is 24.8. The van der Waals surface area contributed by atoms with Crippen molar-refractivity contribution >= 4 is 34.4 Å². The van der Waals surface area contributed by atoms with Gasteiger partial charge in [0.05, 0.1) is 37.6 Å². The third-order valence-electron chi connectivity index (χ3n) is 4.08. The van der Waals surface area contributed by atoms with Gasteiger partial charge >= 0.3 is 7.12 Å². The summed E-state index contributed by atoms with van der Waals surface area (Å²) in [6.07, 6.45) is 11.4. The summed E-state index contributed by atoms with van der Waals surface area (Å²) in [5.41, 5.74) is 1.76. The van der Waals surface area contributed by atoms with Crippen molar-refractivity contribution in [2.75, 3.05) is 14.2 Å². The number of hydrogen-bond acceptors (Lipinski definition) is 8. The summed E-state index contributed by atoms with van der Waals surface area (Å²) in [7, 11) is 1.44. The Labute approximate surface area is 198 Å². The zero-order valence-corrected chi connectivity index (χ0v) is 18.9. The normalized spacial score (nSPS) is 8.82. The Morgan fingerprint density at radius 1 is 0.853 bits per heavy atom. The SMILES string of the molecule is C#CC#CC#CC.COc1ccc2ccncc2n1.COc1nc2cnccc2cc1B(O)O. The van der Waals surface area contributed by atoms with Crippen molar-refractivity contribution in [1.82, 2.24) is 19.9 Å². The minimum atomic E-state index is -1.59. The van der Waals surface area contributed by atoms with E-state index in [0.29, 0.717) is 11.4 Å². The third kappa shape index (κ3) is 7.51. The molecule has 34 heavy (non-hydrogen) atoms. The highest BCUT2D eigenvalue weighted by Gasteiger charge is 2.18. The van der Waals surface area contributed by atoms with Crippen LogP contribution in [0.3, 0.4) is 0 Å². The minimum absolute atomic E-state index is 0.200. The van der Waals surface area contributed by atoms with Gasteiger partial charge in [0.1, 0.15) is 0 Å². The molecule has 0 saturated heterocycles. The second kappa shape index (κ2) is 13.7. The second-order valence-electron chi connectivity index (χ2n) is 6.22. The van der Waals surface area contributed by atoms with Crippen LogP contribution >= 0.6 is 0 Å². The molecule has 0 atom stereocenters. The highest BCUT2D eigenvalue weighted by Crippen LogP contribution is 2.14. The predicted molar refractivity (Wildman–Crippen MR) is 132 cm³/mol. The van der Waals surface area contributed by atoms with Gasteiger partial charge in [0.2, 0.25) is 11.8 Å². The molecule has 0 spiro atoms. The number of ether oxygens (including phenoxy) is 2. The number of hydrogen-bond donors (Lipinski definition) is 2. The van der Waals surface area contributed by atoms with Crippen LogP contribution in [0, 0.1) is 36.0 Å². The fourth-order valence-corrected chi connectivity index (χ4v) is 2.56. The number of methoxy groups -OCH3 is 2. The van der Waals surface area contributed by atoms with Crippen LogP contribution in [0.1, 0.15) is 6.92 Å². The van der Waals surface area contributed by atoms with E-state index in [-0.39, 0.29) is 11.3 Å². The average Bonchev–Trinajstić information content (AvgIpc) is 2.88. The first-order valence-electron chi connectivity index (χ1n) is 9.81. The van der Waals surface area contributed by atoms with E-state index >= 15 is 0 Å². The summed E-state index contributed by atoms with van der Waals surface area (Å²) in [4.78, 5) is 16.2.